The van der Waals surface area contributed by atoms with E-state index in [9.17, 15) is 14.4 Å². The highest BCUT2D eigenvalue weighted by molar-refractivity contribution is 6.08. The maximum Gasteiger partial charge on any atom is 0.325 e. The summed E-state index contributed by atoms with van der Waals surface area (Å²) < 4.78 is 0. The Balaban J connectivity index is 1.63. The number of urea groups is 1. The van der Waals surface area contributed by atoms with Crippen LogP contribution in [0.1, 0.15) is 16.7 Å². The van der Waals surface area contributed by atoms with Gasteiger partial charge in [-0.15, -0.1) is 0 Å². The Morgan fingerprint density at radius 2 is 1.85 bits per heavy atom. The van der Waals surface area contributed by atoms with E-state index in [0.717, 1.165) is 21.6 Å². The first kappa shape index (κ1) is 17.7. The summed E-state index contributed by atoms with van der Waals surface area (Å²) in [7, 11) is 0. The second kappa shape index (κ2) is 7.39. The number of rotatable bonds is 5. The normalized spacial score (nSPS) is 16.5. The van der Waals surface area contributed by atoms with E-state index >= 15 is 0 Å². The van der Waals surface area contributed by atoms with Gasteiger partial charge in [-0.25, -0.2) is 4.79 Å². The minimum absolute atomic E-state index is 0.302. The molecule has 0 spiro atoms. The fraction of sp³-hybridized carbons (Fsp3) is 0.250. The summed E-state index contributed by atoms with van der Waals surface area (Å²) >= 11 is 0. The van der Waals surface area contributed by atoms with Crippen molar-refractivity contribution in [1.29, 1.82) is 0 Å². The Kier molecular flexibility index (Phi) is 5.02. The lowest BCUT2D eigenvalue weighted by molar-refractivity contribution is -0.130. The number of aryl methyl sites for hydroxylation is 2. The fourth-order valence-electron chi connectivity index (χ4n) is 3.00. The molecule has 0 radical (unpaired) electrons. The van der Waals surface area contributed by atoms with Gasteiger partial charge in [-0.2, -0.15) is 0 Å². The minimum Gasteiger partial charge on any atom is -0.325 e. The molecular weight excluding hydrogens is 330 g/mol. The third kappa shape index (κ3) is 3.91. The van der Waals surface area contributed by atoms with Crippen molar-refractivity contribution in [3.8, 4) is 0 Å². The van der Waals surface area contributed by atoms with Crippen molar-refractivity contribution < 1.29 is 14.4 Å². The summed E-state index contributed by atoms with van der Waals surface area (Å²) in [6.45, 7) is 3.56. The monoisotopic (exact) mass is 351 g/mol. The molecule has 0 bridgehead atoms. The summed E-state index contributed by atoms with van der Waals surface area (Å²) in [6.07, 6.45) is 0.403. The lowest BCUT2D eigenvalue weighted by Gasteiger charge is -2.14. The van der Waals surface area contributed by atoms with Crippen molar-refractivity contribution in [2.75, 3.05) is 11.9 Å². The van der Waals surface area contributed by atoms with E-state index in [1.54, 1.807) is 0 Å². The molecule has 3 rings (SSSR count). The highest BCUT2D eigenvalue weighted by Crippen LogP contribution is 2.17. The number of nitrogens with zero attached hydrogens (tertiary/aromatic N) is 1. The zero-order valence-corrected chi connectivity index (χ0v) is 14.8. The highest BCUT2D eigenvalue weighted by Gasteiger charge is 2.38. The van der Waals surface area contributed by atoms with Gasteiger partial charge in [0.25, 0.3) is 5.91 Å². The summed E-state index contributed by atoms with van der Waals surface area (Å²) in [5, 5.41) is 5.40. The van der Waals surface area contributed by atoms with Gasteiger partial charge in [0.15, 0.2) is 0 Å². The molecule has 6 nitrogen and oxygen atoms in total. The summed E-state index contributed by atoms with van der Waals surface area (Å²) in [4.78, 5) is 37.8. The molecule has 1 fully saturated rings. The Hall–Kier alpha value is -3.15. The van der Waals surface area contributed by atoms with E-state index in [0.29, 0.717) is 12.1 Å². The van der Waals surface area contributed by atoms with Crippen LogP contribution in [0.15, 0.2) is 48.5 Å². The van der Waals surface area contributed by atoms with Crippen LogP contribution in [-0.4, -0.2) is 35.3 Å². The largest absolute Gasteiger partial charge is 0.325 e. The van der Waals surface area contributed by atoms with Crippen LogP contribution >= 0.6 is 0 Å². The highest BCUT2D eigenvalue weighted by atomic mass is 16.2. The van der Waals surface area contributed by atoms with E-state index in [4.69, 9.17) is 0 Å². The van der Waals surface area contributed by atoms with E-state index in [1.165, 1.54) is 0 Å². The molecule has 0 unspecified atom stereocenters. The standard InChI is InChI=1S/C20H21N3O3/c1-13-8-9-16(14(2)10-13)21-18(24)12-23-19(25)17(22-20(23)26)11-15-6-4-3-5-7-15/h3-10,17H,11-12H2,1-2H3,(H,21,24)(H,22,26)/t17-/m1/s1. The second-order valence-electron chi connectivity index (χ2n) is 6.48. The predicted octanol–water partition coefficient (Wildman–Crippen LogP) is 2.41. The number of anilines is 1. The van der Waals surface area contributed by atoms with Crippen LogP contribution in [0.5, 0.6) is 0 Å². The maximum atomic E-state index is 12.5. The van der Waals surface area contributed by atoms with E-state index in [2.05, 4.69) is 10.6 Å². The molecular formula is C20H21N3O3. The third-order valence-corrected chi connectivity index (χ3v) is 4.35. The minimum atomic E-state index is -0.640. The number of imide groups is 1. The average Bonchev–Trinajstić information content (AvgIpc) is 2.86. The summed E-state index contributed by atoms with van der Waals surface area (Å²) in [6, 6.07) is 13.9. The van der Waals surface area contributed by atoms with Crippen LogP contribution in [0.4, 0.5) is 10.5 Å². The van der Waals surface area contributed by atoms with Gasteiger partial charge >= 0.3 is 6.03 Å². The molecule has 4 amide bonds. The average molecular weight is 351 g/mol. The SMILES string of the molecule is Cc1ccc(NC(=O)CN2C(=O)N[C@H](Cc3ccccc3)C2=O)c(C)c1. The number of nitrogens with one attached hydrogen (secondary N) is 2. The van der Waals surface area contributed by atoms with Gasteiger partial charge in [-0.1, -0.05) is 48.0 Å². The predicted molar refractivity (Wildman–Crippen MR) is 98.7 cm³/mol. The van der Waals surface area contributed by atoms with E-state index in [1.807, 2.05) is 62.4 Å². The molecule has 1 aliphatic rings. The van der Waals surface area contributed by atoms with Crippen molar-refractivity contribution in [2.24, 2.45) is 0 Å². The molecule has 1 atom stereocenters. The van der Waals surface area contributed by atoms with Gasteiger partial charge < -0.3 is 10.6 Å². The molecule has 2 aromatic rings. The molecule has 2 aromatic carbocycles. The van der Waals surface area contributed by atoms with Gasteiger partial charge in [0, 0.05) is 12.1 Å². The van der Waals surface area contributed by atoms with Crippen LogP contribution in [0, 0.1) is 13.8 Å². The van der Waals surface area contributed by atoms with Crippen LogP contribution < -0.4 is 10.6 Å². The van der Waals surface area contributed by atoms with Gasteiger partial charge in [-0.3, -0.25) is 14.5 Å². The Labute approximate surface area is 152 Å². The van der Waals surface area contributed by atoms with Crippen molar-refractivity contribution >= 4 is 23.5 Å². The molecule has 26 heavy (non-hydrogen) atoms. The molecule has 1 aliphatic heterocycles. The summed E-state index contributed by atoms with van der Waals surface area (Å²) in [5.41, 5.74) is 3.65. The molecule has 1 heterocycles. The Morgan fingerprint density at radius 3 is 2.54 bits per heavy atom. The number of amides is 4. The van der Waals surface area contributed by atoms with Gasteiger partial charge in [-0.05, 0) is 31.0 Å². The molecule has 2 N–H and O–H groups in total. The van der Waals surface area contributed by atoms with Crippen LogP contribution in [-0.2, 0) is 16.0 Å². The van der Waals surface area contributed by atoms with Crippen LogP contribution in [0.3, 0.4) is 0 Å². The zero-order chi connectivity index (χ0) is 18.7. The number of benzene rings is 2. The van der Waals surface area contributed by atoms with Gasteiger partial charge in [0.2, 0.25) is 5.91 Å². The van der Waals surface area contributed by atoms with Crippen molar-refractivity contribution in [2.45, 2.75) is 26.3 Å². The summed E-state index contributed by atoms with van der Waals surface area (Å²) in [5.74, 6) is -0.782. The first-order chi connectivity index (χ1) is 12.4. The molecule has 0 saturated carbocycles. The van der Waals surface area contributed by atoms with Crippen LogP contribution in [0.2, 0.25) is 0 Å². The van der Waals surface area contributed by atoms with Crippen LogP contribution in [0.25, 0.3) is 0 Å². The number of carbonyl (C=O) groups excluding carboxylic acids is 3. The van der Waals surface area contributed by atoms with Crippen molar-refractivity contribution in [1.82, 2.24) is 10.2 Å². The zero-order valence-electron chi connectivity index (χ0n) is 14.8. The Morgan fingerprint density at radius 1 is 1.12 bits per heavy atom. The second-order valence-corrected chi connectivity index (χ2v) is 6.48. The molecule has 0 aromatic heterocycles. The van der Waals surface area contributed by atoms with E-state index in [-0.39, 0.29) is 12.5 Å². The quantitative estimate of drug-likeness (QED) is 0.812. The topological polar surface area (TPSA) is 78.5 Å². The lowest BCUT2D eigenvalue weighted by Crippen LogP contribution is -2.38. The first-order valence-corrected chi connectivity index (χ1v) is 8.47. The maximum absolute atomic E-state index is 12.5. The van der Waals surface area contributed by atoms with Crippen molar-refractivity contribution in [3.05, 3.63) is 65.2 Å². The first-order valence-electron chi connectivity index (χ1n) is 8.47. The fourth-order valence-corrected chi connectivity index (χ4v) is 3.00. The smallest absolute Gasteiger partial charge is 0.325 e. The van der Waals surface area contributed by atoms with Crippen molar-refractivity contribution in [3.63, 3.8) is 0 Å². The van der Waals surface area contributed by atoms with Gasteiger partial charge in [0.1, 0.15) is 12.6 Å². The lowest BCUT2D eigenvalue weighted by atomic mass is 10.1. The molecule has 134 valence electrons. The van der Waals surface area contributed by atoms with E-state index < -0.39 is 18.0 Å². The Bertz CT molecular complexity index is 849. The van der Waals surface area contributed by atoms with Gasteiger partial charge in [0.05, 0.1) is 0 Å². The number of hydrogen-bond acceptors (Lipinski definition) is 3. The molecule has 0 aliphatic carbocycles. The molecule has 6 heteroatoms. The number of hydrogen-bond donors (Lipinski definition) is 2. The molecule has 1 saturated heterocycles. The third-order valence-electron chi connectivity index (χ3n) is 4.35. The number of carbonyl (C=O) groups is 3.